The van der Waals surface area contributed by atoms with Gasteiger partial charge >= 0.3 is 11.9 Å². The van der Waals surface area contributed by atoms with E-state index in [1.165, 1.54) is 0 Å². The van der Waals surface area contributed by atoms with Crippen molar-refractivity contribution in [2.75, 3.05) is 6.61 Å². The molecule has 3 aromatic rings. The van der Waals surface area contributed by atoms with Crippen LogP contribution in [0, 0.1) is 0 Å². The third-order valence-electron chi connectivity index (χ3n) is 3.16. The van der Waals surface area contributed by atoms with Gasteiger partial charge in [-0.1, -0.05) is 6.07 Å². The summed E-state index contributed by atoms with van der Waals surface area (Å²) in [6.07, 6.45) is 1.82. The maximum Gasteiger partial charge on any atom is 0.349 e. The van der Waals surface area contributed by atoms with E-state index in [-0.39, 0.29) is 10.6 Å². The van der Waals surface area contributed by atoms with Gasteiger partial charge in [-0.05, 0) is 45.1 Å². The number of halogens is 1. The van der Waals surface area contributed by atoms with Crippen molar-refractivity contribution in [1.29, 1.82) is 0 Å². The summed E-state index contributed by atoms with van der Waals surface area (Å²) in [5.41, 5.74) is 1.80. The number of thiophene rings is 1. The summed E-state index contributed by atoms with van der Waals surface area (Å²) < 4.78 is 5.58. The molecule has 2 heterocycles. The fourth-order valence-electron chi connectivity index (χ4n) is 2.18. The lowest BCUT2D eigenvalue weighted by Gasteiger charge is -2.04. The number of fused-ring (bicyclic) bond motifs is 1. The van der Waals surface area contributed by atoms with Crippen molar-refractivity contribution in [3.05, 3.63) is 39.8 Å². The molecule has 0 amide bonds. The summed E-state index contributed by atoms with van der Waals surface area (Å²) in [6.45, 7) is -0.605. The highest BCUT2D eigenvalue weighted by atomic mass is 79.9. The van der Waals surface area contributed by atoms with Crippen LogP contribution in [-0.4, -0.2) is 33.7 Å². The van der Waals surface area contributed by atoms with Gasteiger partial charge in [0.25, 0.3) is 0 Å². The highest BCUT2D eigenvalue weighted by Crippen LogP contribution is 2.46. The number of aromatic carboxylic acids is 1. The minimum absolute atomic E-state index is 0.0362. The smallest absolute Gasteiger partial charge is 0.349 e. The van der Waals surface area contributed by atoms with Crippen molar-refractivity contribution in [2.24, 2.45) is 0 Å². The zero-order valence-electron chi connectivity index (χ0n) is 11.5. The van der Waals surface area contributed by atoms with Crippen LogP contribution in [0.3, 0.4) is 0 Å². The number of ether oxygens (including phenoxy) is 1. The first-order valence-electron chi connectivity index (χ1n) is 6.45. The number of carboxylic acid groups (broad SMARTS) is 2. The number of nitrogens with one attached hydrogen (secondary N) is 1. The molecule has 1 aromatic carbocycles. The summed E-state index contributed by atoms with van der Waals surface area (Å²) >= 11 is 4.37. The molecule has 0 aliphatic rings. The average molecular weight is 396 g/mol. The summed E-state index contributed by atoms with van der Waals surface area (Å²) in [4.78, 5) is 25.8. The second-order valence-corrected chi connectivity index (χ2v) is 6.48. The zero-order chi connectivity index (χ0) is 16.6. The van der Waals surface area contributed by atoms with Crippen LogP contribution in [0.25, 0.3) is 21.3 Å². The van der Waals surface area contributed by atoms with E-state index in [1.54, 1.807) is 0 Å². The molecule has 3 rings (SSSR count). The van der Waals surface area contributed by atoms with Gasteiger partial charge < -0.3 is 19.9 Å². The predicted octanol–water partition coefficient (Wildman–Crippen LogP) is 3.82. The van der Waals surface area contributed by atoms with Crippen LogP contribution in [-0.2, 0) is 4.79 Å². The first kappa shape index (κ1) is 15.6. The van der Waals surface area contributed by atoms with E-state index in [1.807, 2.05) is 30.5 Å². The second-order valence-electron chi connectivity index (χ2n) is 4.67. The van der Waals surface area contributed by atoms with Gasteiger partial charge in [0.1, 0.15) is 0 Å². The first-order valence-corrected chi connectivity index (χ1v) is 8.06. The van der Waals surface area contributed by atoms with Gasteiger partial charge in [-0.2, -0.15) is 0 Å². The minimum atomic E-state index is -1.17. The molecule has 6 nitrogen and oxygen atoms in total. The van der Waals surface area contributed by atoms with Crippen molar-refractivity contribution in [3.8, 4) is 16.2 Å². The molecule has 0 aliphatic heterocycles. The number of carbonyl (C=O) groups is 2. The second kappa shape index (κ2) is 6.05. The summed E-state index contributed by atoms with van der Waals surface area (Å²) in [7, 11) is 0. The molecular weight excluding hydrogens is 386 g/mol. The highest BCUT2D eigenvalue weighted by Gasteiger charge is 2.24. The molecule has 2 aromatic heterocycles. The Morgan fingerprint density at radius 3 is 2.74 bits per heavy atom. The quantitative estimate of drug-likeness (QED) is 0.609. The molecule has 23 heavy (non-hydrogen) atoms. The summed E-state index contributed by atoms with van der Waals surface area (Å²) in [5.74, 6) is -2.30. The van der Waals surface area contributed by atoms with Crippen LogP contribution >= 0.6 is 27.3 Å². The van der Waals surface area contributed by atoms with E-state index in [0.717, 1.165) is 27.8 Å². The standard InChI is InChI=1S/C15H10BrNO5S/c16-11-12(22-6-10(18)19)14(15(20)21)23-13(11)8-1-2-9-7(5-8)3-4-17-9/h1-5,17H,6H2,(H,18,19)(H,20,21). The predicted molar refractivity (Wildman–Crippen MR) is 89.4 cm³/mol. The number of aromatic amines is 1. The maximum absolute atomic E-state index is 11.4. The molecule has 0 atom stereocenters. The fourth-order valence-corrected chi connectivity index (χ4v) is 4.07. The lowest BCUT2D eigenvalue weighted by molar-refractivity contribution is -0.139. The Morgan fingerprint density at radius 2 is 2.04 bits per heavy atom. The molecule has 3 N–H and O–H groups in total. The lowest BCUT2D eigenvalue weighted by atomic mass is 10.1. The number of benzene rings is 1. The number of hydrogen-bond acceptors (Lipinski definition) is 4. The van der Waals surface area contributed by atoms with Crippen molar-refractivity contribution < 1.29 is 24.5 Å². The largest absolute Gasteiger partial charge is 0.479 e. The number of rotatable bonds is 5. The highest BCUT2D eigenvalue weighted by molar-refractivity contribution is 9.10. The molecule has 0 spiro atoms. The van der Waals surface area contributed by atoms with E-state index in [2.05, 4.69) is 20.9 Å². The third-order valence-corrected chi connectivity index (χ3v) is 5.39. The Balaban J connectivity index is 2.09. The van der Waals surface area contributed by atoms with Gasteiger partial charge in [-0.15, -0.1) is 11.3 Å². The molecule has 0 radical (unpaired) electrons. The Morgan fingerprint density at radius 1 is 1.26 bits per heavy atom. The SMILES string of the molecule is O=C(O)COc1c(C(=O)O)sc(-c2ccc3[nH]ccc3c2)c1Br. The van der Waals surface area contributed by atoms with Crippen LogP contribution in [0.5, 0.6) is 5.75 Å². The Bertz CT molecular complexity index is 914. The molecule has 0 fully saturated rings. The number of aromatic nitrogens is 1. The van der Waals surface area contributed by atoms with E-state index >= 15 is 0 Å². The van der Waals surface area contributed by atoms with Gasteiger partial charge in [0.05, 0.1) is 9.35 Å². The molecule has 0 saturated heterocycles. The Hall–Kier alpha value is -2.32. The third kappa shape index (κ3) is 2.95. The molecular formula is C15H10BrNO5S. The maximum atomic E-state index is 11.4. The summed E-state index contributed by atoms with van der Waals surface area (Å²) in [5, 5.41) is 19.0. The zero-order valence-corrected chi connectivity index (χ0v) is 13.9. The van der Waals surface area contributed by atoms with Crippen molar-refractivity contribution in [3.63, 3.8) is 0 Å². The van der Waals surface area contributed by atoms with Crippen molar-refractivity contribution in [1.82, 2.24) is 4.98 Å². The normalized spacial score (nSPS) is 10.8. The van der Waals surface area contributed by atoms with Crippen LogP contribution < -0.4 is 4.74 Å². The van der Waals surface area contributed by atoms with Gasteiger partial charge in [0.2, 0.25) is 0 Å². The van der Waals surface area contributed by atoms with Crippen LogP contribution in [0.2, 0.25) is 0 Å². The number of aliphatic carboxylic acids is 1. The van der Waals surface area contributed by atoms with Crippen molar-refractivity contribution >= 4 is 50.1 Å². The molecule has 0 aliphatic carbocycles. The van der Waals surface area contributed by atoms with Gasteiger partial charge in [-0.3, -0.25) is 0 Å². The topological polar surface area (TPSA) is 99.6 Å². The molecule has 118 valence electrons. The van der Waals surface area contributed by atoms with Gasteiger partial charge in [-0.25, -0.2) is 9.59 Å². The van der Waals surface area contributed by atoms with Crippen molar-refractivity contribution in [2.45, 2.75) is 0 Å². The van der Waals surface area contributed by atoms with Crippen LogP contribution in [0.15, 0.2) is 34.9 Å². The summed E-state index contributed by atoms with van der Waals surface area (Å²) in [6, 6.07) is 7.60. The van der Waals surface area contributed by atoms with Gasteiger partial charge in [0.15, 0.2) is 17.2 Å². The molecule has 0 unspecified atom stereocenters. The Kier molecular flexibility index (Phi) is 4.10. The van der Waals surface area contributed by atoms with Crippen LogP contribution in [0.1, 0.15) is 9.67 Å². The van der Waals surface area contributed by atoms with E-state index < -0.39 is 18.5 Å². The average Bonchev–Trinajstić information content (AvgIpc) is 3.08. The molecule has 0 saturated carbocycles. The lowest BCUT2D eigenvalue weighted by Crippen LogP contribution is -2.11. The van der Waals surface area contributed by atoms with Crippen LogP contribution in [0.4, 0.5) is 0 Å². The Labute approximate surface area is 142 Å². The number of carboxylic acids is 2. The molecule has 0 bridgehead atoms. The first-order chi connectivity index (χ1) is 11.0. The molecule has 8 heteroatoms. The van der Waals surface area contributed by atoms with E-state index in [4.69, 9.17) is 9.84 Å². The number of hydrogen-bond donors (Lipinski definition) is 3. The minimum Gasteiger partial charge on any atom is -0.479 e. The number of H-pyrrole nitrogens is 1. The van der Waals surface area contributed by atoms with E-state index in [9.17, 15) is 14.7 Å². The van der Waals surface area contributed by atoms with E-state index in [0.29, 0.717) is 9.35 Å². The fraction of sp³-hybridized carbons (Fsp3) is 0.0667. The van der Waals surface area contributed by atoms with Gasteiger partial charge in [0, 0.05) is 11.7 Å². The monoisotopic (exact) mass is 395 g/mol.